The Morgan fingerprint density at radius 3 is 0.411 bits per heavy atom. The van der Waals surface area contributed by atoms with Crippen LogP contribution in [0.15, 0.2) is 141 Å². The van der Waals surface area contributed by atoms with E-state index in [0.29, 0.717) is 21.5 Å². The van der Waals surface area contributed by atoms with Crippen molar-refractivity contribution >= 4 is 111 Å². The number of aryl methyl sites for hydroxylation is 8. The van der Waals surface area contributed by atoms with Crippen LogP contribution in [-0.2, 0) is 91.8 Å². The molecule has 17 heteroatoms. The van der Waals surface area contributed by atoms with E-state index in [2.05, 4.69) is 104 Å². The minimum atomic E-state index is -4.50. The van der Waals surface area contributed by atoms with Crippen molar-refractivity contribution in [2.24, 2.45) is 0 Å². The maximum atomic E-state index is 12.0. The average Bonchev–Trinajstić information content (AvgIpc) is 0.786. The van der Waals surface area contributed by atoms with E-state index in [-0.39, 0.29) is 46.9 Å². The van der Waals surface area contributed by atoms with Crippen molar-refractivity contribution in [3.05, 3.63) is 166 Å². The second-order valence-corrected chi connectivity index (χ2v) is 42.4. The minimum absolute atomic E-state index is 0. The molecular formula is C112H172O12PbS4-4. The summed E-state index contributed by atoms with van der Waals surface area (Å²) in [5, 5.41) is 6.51. The Hall–Kier alpha value is -4.64. The van der Waals surface area contributed by atoms with Crippen molar-refractivity contribution in [3.63, 3.8) is 0 Å². The van der Waals surface area contributed by atoms with E-state index in [9.17, 15) is 51.9 Å². The van der Waals surface area contributed by atoms with Gasteiger partial charge in [0.15, 0.2) is 0 Å². The maximum Gasteiger partial charge on any atom is 0.125 e. The average molecular weight is 2050 g/mol. The number of hydrogen-bond acceptors (Lipinski definition) is 12. The molecule has 0 spiro atoms. The molecule has 0 saturated carbocycles. The van der Waals surface area contributed by atoms with Gasteiger partial charge in [0.1, 0.15) is 40.5 Å². The van der Waals surface area contributed by atoms with Crippen LogP contribution in [0, 0.1) is 0 Å². The number of hydrogen-bond donors (Lipinski definition) is 0. The molecule has 0 amide bonds. The molecule has 0 saturated heterocycles. The van der Waals surface area contributed by atoms with Gasteiger partial charge in [-0.2, -0.15) is 0 Å². The quantitative estimate of drug-likeness (QED) is 0.0197. The summed E-state index contributed by atoms with van der Waals surface area (Å²) in [6.07, 6.45) is 76.2. The SMILES string of the molecule is CCCCCCCCCc1ccc(CCCCCCCCC)c2c(S(=O)(=O)[O-])cccc12.CCCCCCCCCc1ccc(CCCCCCCCC)c2c(S(=O)(=O)[O-])cccc12.CCCCCCCCCc1ccc(CCCCCCCCC)c2c(S(=O)(=O)[O-])cccc12.CCCCCCCCCc1ccc(CCCCCCCCC)c2c(S(=O)(=O)[O-])cccc12.[Pb]. The second kappa shape index (κ2) is 69.2. The first-order valence-electron chi connectivity index (χ1n) is 51.9. The second-order valence-electron chi connectivity index (χ2n) is 37.0. The molecule has 0 bridgehead atoms. The summed E-state index contributed by atoms with van der Waals surface area (Å²) < 4.78 is 144. The van der Waals surface area contributed by atoms with Crippen LogP contribution in [-0.4, -0.2) is 79.2 Å². The Morgan fingerprint density at radius 1 is 0.163 bits per heavy atom. The Balaban J connectivity index is 0.000000359. The largest absolute Gasteiger partial charge is 0.744 e. The van der Waals surface area contributed by atoms with Gasteiger partial charge in [0.05, 0.1) is 19.6 Å². The van der Waals surface area contributed by atoms with Gasteiger partial charge >= 0.3 is 0 Å². The van der Waals surface area contributed by atoms with Gasteiger partial charge in [-0.3, -0.25) is 0 Å². The molecule has 0 unspecified atom stereocenters. The van der Waals surface area contributed by atoms with Crippen LogP contribution in [0.25, 0.3) is 43.1 Å². The van der Waals surface area contributed by atoms with Gasteiger partial charge in [0, 0.05) is 48.8 Å². The van der Waals surface area contributed by atoms with Gasteiger partial charge in [-0.25, -0.2) is 33.7 Å². The Bertz CT molecular complexity index is 4220. The molecule has 129 heavy (non-hydrogen) atoms. The number of benzene rings is 8. The van der Waals surface area contributed by atoms with Crippen LogP contribution < -0.4 is 0 Å². The van der Waals surface area contributed by atoms with E-state index in [0.717, 1.165) is 172 Å². The summed E-state index contributed by atoms with van der Waals surface area (Å²) in [7, 11) is -18.0. The molecule has 0 fully saturated rings. The molecule has 0 heterocycles. The van der Waals surface area contributed by atoms with Gasteiger partial charge in [-0.1, -0.05) is 461 Å². The predicted molar refractivity (Wildman–Crippen MR) is 547 cm³/mol. The normalized spacial score (nSPS) is 11.9. The number of rotatable bonds is 68. The fourth-order valence-electron chi connectivity index (χ4n) is 18.7. The van der Waals surface area contributed by atoms with Gasteiger partial charge in [0.25, 0.3) is 0 Å². The van der Waals surface area contributed by atoms with E-state index in [1.807, 2.05) is 24.3 Å². The summed E-state index contributed by atoms with van der Waals surface area (Å²) in [6, 6.07) is 37.7. The monoisotopic (exact) mass is 2050 g/mol. The third kappa shape index (κ3) is 45.7. The van der Waals surface area contributed by atoms with E-state index in [1.54, 1.807) is 24.3 Å². The Morgan fingerprint density at radius 2 is 0.279 bits per heavy atom. The van der Waals surface area contributed by atoms with Gasteiger partial charge in [0.2, 0.25) is 0 Å². The standard InChI is InChI=1S/4C28H44O3S.Pb/c4*1-3-5-7-9-11-13-15-18-24-22-23-25(19-16-14-12-10-8-6-4-2)28-26(24)20-17-21-27(28)32(29,30)31;/h4*17,20-23H,3-16,18-19H2,1-2H3,(H,29,30,31);/p-4. The van der Waals surface area contributed by atoms with Crippen LogP contribution >= 0.6 is 0 Å². The topological polar surface area (TPSA) is 229 Å². The molecule has 8 aromatic rings. The first kappa shape index (κ1) is 117. The molecule has 0 aromatic heterocycles. The van der Waals surface area contributed by atoms with Gasteiger partial charge < -0.3 is 18.2 Å². The molecule has 0 aliphatic rings. The van der Waals surface area contributed by atoms with E-state index < -0.39 is 40.5 Å². The molecule has 0 aliphatic carbocycles. The van der Waals surface area contributed by atoms with Gasteiger partial charge in [-0.05, 0) is 193 Å². The summed E-state index contributed by atoms with van der Waals surface area (Å²) in [6.45, 7) is 17.8. The summed E-state index contributed by atoms with van der Waals surface area (Å²) in [4.78, 5) is -0.188. The molecule has 8 aromatic carbocycles. The van der Waals surface area contributed by atoms with Crippen LogP contribution in [0.2, 0.25) is 0 Å². The molecule has 4 radical (unpaired) electrons. The fourth-order valence-corrected chi connectivity index (χ4v) is 21.7. The van der Waals surface area contributed by atoms with E-state index in [1.165, 1.54) is 329 Å². The van der Waals surface area contributed by atoms with Crippen molar-refractivity contribution in [3.8, 4) is 0 Å². The molecule has 8 rings (SSSR count). The van der Waals surface area contributed by atoms with Crippen LogP contribution in [0.3, 0.4) is 0 Å². The molecule has 0 N–H and O–H groups in total. The van der Waals surface area contributed by atoms with Crippen LogP contribution in [0.5, 0.6) is 0 Å². The number of fused-ring (bicyclic) bond motifs is 4. The van der Waals surface area contributed by atoms with E-state index in [4.69, 9.17) is 0 Å². The summed E-state index contributed by atoms with van der Waals surface area (Å²) in [5.74, 6) is 0. The van der Waals surface area contributed by atoms with Crippen LogP contribution in [0.4, 0.5) is 0 Å². The molecule has 0 atom stereocenters. The zero-order chi connectivity index (χ0) is 92.9. The number of unbranched alkanes of at least 4 members (excludes halogenated alkanes) is 48. The smallest absolute Gasteiger partial charge is 0.125 e. The molecule has 0 aliphatic heterocycles. The van der Waals surface area contributed by atoms with Gasteiger partial charge in [-0.15, -0.1) is 0 Å². The molecule has 12 nitrogen and oxygen atoms in total. The van der Waals surface area contributed by atoms with Crippen molar-refractivity contribution in [2.45, 2.75) is 486 Å². The first-order valence-corrected chi connectivity index (χ1v) is 57.6. The first-order chi connectivity index (χ1) is 61.9. The zero-order valence-electron chi connectivity index (χ0n) is 81.8. The van der Waals surface area contributed by atoms with Crippen molar-refractivity contribution in [1.82, 2.24) is 0 Å². The van der Waals surface area contributed by atoms with Crippen molar-refractivity contribution in [1.29, 1.82) is 0 Å². The Kier molecular flexibility index (Phi) is 62.6. The zero-order valence-corrected chi connectivity index (χ0v) is 89.0. The third-order valence-electron chi connectivity index (χ3n) is 26.2. The molecular weight excluding hydrogens is 1870 g/mol. The van der Waals surface area contributed by atoms with E-state index >= 15 is 0 Å². The Labute approximate surface area is 807 Å². The van der Waals surface area contributed by atoms with Crippen molar-refractivity contribution in [2.75, 3.05) is 0 Å². The fraction of sp³-hybridized carbons (Fsp3) is 0.643. The van der Waals surface area contributed by atoms with Crippen LogP contribution in [0.1, 0.15) is 459 Å². The summed E-state index contributed by atoms with van der Waals surface area (Å²) in [5.41, 5.74) is 8.70. The third-order valence-corrected chi connectivity index (χ3v) is 29.7. The maximum absolute atomic E-state index is 12.0. The summed E-state index contributed by atoms with van der Waals surface area (Å²) >= 11 is 0. The molecule has 724 valence electrons. The van der Waals surface area contributed by atoms with Crippen molar-refractivity contribution < 1.29 is 51.9 Å². The predicted octanol–water partition coefficient (Wildman–Crippen LogP) is 32.9. The minimum Gasteiger partial charge on any atom is -0.744 e.